The van der Waals surface area contributed by atoms with Crippen molar-refractivity contribution >= 4 is 17.4 Å². The Balaban J connectivity index is 2.63. The molecule has 0 aliphatic carbocycles. The van der Waals surface area contributed by atoms with Gasteiger partial charge in [-0.15, -0.1) is 0 Å². The molecule has 28 heavy (non-hydrogen) atoms. The Bertz CT molecular complexity index is 915. The molecule has 0 saturated carbocycles. The number of halogens is 9. The molecule has 0 radical (unpaired) electrons. The molecule has 2 aromatic rings. The summed E-state index contributed by atoms with van der Waals surface area (Å²) < 4.78 is 118. The van der Waals surface area contributed by atoms with Crippen molar-refractivity contribution in [2.24, 2.45) is 7.05 Å². The zero-order valence-electron chi connectivity index (χ0n) is 13.5. The quantitative estimate of drug-likeness (QED) is 0.581. The molecule has 14 heteroatoms. The highest BCUT2D eigenvalue weighted by atomic mass is 19.4. The van der Waals surface area contributed by atoms with Crippen LogP contribution >= 0.6 is 0 Å². The van der Waals surface area contributed by atoms with E-state index in [1.807, 2.05) is 0 Å². The smallest absolute Gasteiger partial charge is 0.396 e. The van der Waals surface area contributed by atoms with Crippen LogP contribution in [0.2, 0.25) is 0 Å². The van der Waals surface area contributed by atoms with Gasteiger partial charge in [0.25, 0.3) is 5.91 Å². The molecule has 0 bridgehead atoms. The number of benzene rings is 1. The number of rotatable bonds is 3. The Morgan fingerprint density at radius 2 is 1.68 bits per heavy atom. The maximum atomic E-state index is 13.8. The molecule has 0 spiro atoms. The van der Waals surface area contributed by atoms with E-state index in [0.717, 1.165) is 18.2 Å². The lowest BCUT2D eigenvalue weighted by atomic mass is 10.1. The fraction of sp³-hybridized carbons (Fsp3) is 0.286. The first-order valence-electron chi connectivity index (χ1n) is 7.03. The van der Waals surface area contributed by atoms with Crippen LogP contribution in [0.3, 0.4) is 0 Å². The number of alkyl halides is 8. The molecule has 154 valence electrons. The van der Waals surface area contributed by atoms with Gasteiger partial charge in [0.05, 0.1) is 11.3 Å². The van der Waals surface area contributed by atoms with Gasteiger partial charge < -0.3 is 11.1 Å². The van der Waals surface area contributed by atoms with Crippen LogP contribution in [0.15, 0.2) is 18.2 Å². The summed E-state index contributed by atoms with van der Waals surface area (Å²) in [5.41, 5.74) is -1.37. The Morgan fingerprint density at radius 1 is 1.11 bits per heavy atom. The highest BCUT2D eigenvalue weighted by Gasteiger charge is 2.64. The number of carbonyl (C=O) groups is 1. The molecular weight excluding hydrogens is 411 g/mol. The van der Waals surface area contributed by atoms with E-state index in [-0.39, 0.29) is 4.68 Å². The topological polar surface area (TPSA) is 72.9 Å². The van der Waals surface area contributed by atoms with Gasteiger partial charge in [-0.1, -0.05) is 6.07 Å². The van der Waals surface area contributed by atoms with Gasteiger partial charge in [-0.2, -0.15) is 40.2 Å². The molecule has 0 fully saturated rings. The summed E-state index contributed by atoms with van der Waals surface area (Å²) in [4.78, 5) is 12.0. The Labute approximate surface area is 149 Å². The average molecular weight is 420 g/mol. The second-order valence-corrected chi connectivity index (χ2v) is 5.43. The van der Waals surface area contributed by atoms with E-state index in [4.69, 9.17) is 5.73 Å². The molecule has 0 atom stereocenters. The van der Waals surface area contributed by atoms with Crippen molar-refractivity contribution < 1.29 is 44.3 Å². The van der Waals surface area contributed by atoms with Gasteiger partial charge in [-0.3, -0.25) is 9.48 Å². The highest BCUT2D eigenvalue weighted by Crippen LogP contribution is 2.49. The van der Waals surface area contributed by atoms with E-state index in [9.17, 15) is 44.3 Å². The number of anilines is 2. The third kappa shape index (κ3) is 3.57. The van der Waals surface area contributed by atoms with Crippen molar-refractivity contribution in [2.45, 2.75) is 18.3 Å². The number of aryl methyl sites for hydroxylation is 1. The Kier molecular flexibility index (Phi) is 5.03. The summed E-state index contributed by atoms with van der Waals surface area (Å²) in [5, 5.41) is 4.05. The first-order chi connectivity index (χ1) is 12.6. The van der Waals surface area contributed by atoms with E-state index < -0.39 is 58.3 Å². The molecule has 0 unspecified atom stereocenters. The number of nitrogen functional groups attached to an aromatic ring is 1. The minimum Gasteiger partial charge on any atom is -0.396 e. The summed E-state index contributed by atoms with van der Waals surface area (Å²) in [6.45, 7) is 0. The molecule has 1 aromatic heterocycles. The molecule has 0 aliphatic heterocycles. The number of aromatic nitrogens is 2. The van der Waals surface area contributed by atoms with E-state index in [2.05, 4.69) is 5.10 Å². The van der Waals surface area contributed by atoms with Gasteiger partial charge in [-0.25, -0.2) is 4.39 Å². The minimum atomic E-state index is -6.39. The Hall–Kier alpha value is -2.93. The number of nitrogens with two attached hydrogens (primary N) is 1. The van der Waals surface area contributed by atoms with Gasteiger partial charge in [0, 0.05) is 7.05 Å². The Morgan fingerprint density at radius 3 is 2.18 bits per heavy atom. The third-order valence-electron chi connectivity index (χ3n) is 3.49. The summed E-state index contributed by atoms with van der Waals surface area (Å²) in [6.07, 6.45) is -12.1. The van der Waals surface area contributed by atoms with Crippen molar-refractivity contribution in [3.05, 3.63) is 40.8 Å². The number of carbonyl (C=O) groups excluding carboxylic acids is 1. The molecule has 0 saturated heterocycles. The van der Waals surface area contributed by atoms with E-state index in [1.165, 1.54) is 5.32 Å². The van der Waals surface area contributed by atoms with Crippen LogP contribution in [0.1, 0.15) is 21.6 Å². The molecule has 5 nitrogen and oxygen atoms in total. The average Bonchev–Trinajstić information content (AvgIpc) is 2.86. The molecule has 1 heterocycles. The van der Waals surface area contributed by atoms with Gasteiger partial charge in [0.1, 0.15) is 11.4 Å². The monoisotopic (exact) mass is 420 g/mol. The lowest BCUT2D eigenvalue weighted by Gasteiger charge is -2.19. The standard InChI is InChI=1S/C14H9F9N4O/c1-27-10(25-11(28)5-3-2-4-6(24)8(5)15)7(13(18,19)20)9(26-27)12(16,17)14(21,22)23/h2-4H,24H2,1H3,(H,25,28). The normalized spacial score (nSPS) is 12.9. The predicted octanol–water partition coefficient (Wildman–Crippen LogP) is 4.07. The number of amides is 1. The van der Waals surface area contributed by atoms with E-state index >= 15 is 0 Å². The fourth-order valence-electron chi connectivity index (χ4n) is 2.19. The van der Waals surface area contributed by atoms with Crippen molar-refractivity contribution in [1.82, 2.24) is 9.78 Å². The van der Waals surface area contributed by atoms with Crippen molar-refractivity contribution in [2.75, 3.05) is 11.1 Å². The largest absolute Gasteiger partial charge is 0.459 e. The van der Waals surface area contributed by atoms with E-state index in [1.54, 1.807) is 0 Å². The maximum absolute atomic E-state index is 13.8. The van der Waals surface area contributed by atoms with Crippen LogP contribution in [0, 0.1) is 5.82 Å². The van der Waals surface area contributed by atoms with Crippen LogP contribution < -0.4 is 11.1 Å². The second-order valence-electron chi connectivity index (χ2n) is 5.43. The van der Waals surface area contributed by atoms with Crippen LogP contribution in [-0.4, -0.2) is 21.9 Å². The number of nitrogens with zero attached hydrogens (tertiary/aromatic N) is 2. The number of hydrogen-bond acceptors (Lipinski definition) is 3. The molecule has 1 aromatic carbocycles. The first-order valence-corrected chi connectivity index (χ1v) is 7.03. The van der Waals surface area contributed by atoms with Crippen LogP contribution in [0.25, 0.3) is 0 Å². The summed E-state index contributed by atoms with van der Waals surface area (Å²) >= 11 is 0. The van der Waals surface area contributed by atoms with Crippen molar-refractivity contribution in [1.29, 1.82) is 0 Å². The zero-order valence-corrected chi connectivity index (χ0v) is 13.5. The van der Waals surface area contributed by atoms with Gasteiger partial charge in [-0.05, 0) is 12.1 Å². The highest BCUT2D eigenvalue weighted by molar-refractivity contribution is 6.05. The second kappa shape index (κ2) is 6.60. The summed E-state index contributed by atoms with van der Waals surface area (Å²) in [6, 6.07) is 2.92. The lowest BCUT2D eigenvalue weighted by Crippen LogP contribution is -2.36. The lowest BCUT2D eigenvalue weighted by molar-refractivity contribution is -0.292. The zero-order chi connectivity index (χ0) is 21.7. The fourth-order valence-corrected chi connectivity index (χ4v) is 2.19. The molecular formula is C14H9F9N4O. The van der Waals surface area contributed by atoms with Crippen LogP contribution in [0.4, 0.5) is 51.0 Å². The van der Waals surface area contributed by atoms with Crippen LogP contribution in [-0.2, 0) is 19.1 Å². The minimum absolute atomic E-state index is 0.0279. The molecule has 0 aliphatic rings. The van der Waals surface area contributed by atoms with Gasteiger partial charge in [0.2, 0.25) is 0 Å². The van der Waals surface area contributed by atoms with Gasteiger partial charge >= 0.3 is 18.3 Å². The number of hydrogen-bond donors (Lipinski definition) is 2. The SMILES string of the molecule is Cn1nc(C(F)(F)C(F)(F)F)c(C(F)(F)F)c1NC(=O)c1cccc(N)c1F. The van der Waals surface area contributed by atoms with Crippen LogP contribution in [0.5, 0.6) is 0 Å². The molecule has 1 amide bonds. The number of nitrogens with one attached hydrogen (secondary N) is 1. The maximum Gasteiger partial charge on any atom is 0.459 e. The first kappa shape index (κ1) is 21.4. The summed E-state index contributed by atoms with van der Waals surface area (Å²) in [7, 11) is 0.594. The predicted molar refractivity (Wildman–Crippen MR) is 76.9 cm³/mol. The van der Waals surface area contributed by atoms with Gasteiger partial charge in [0.15, 0.2) is 11.5 Å². The van der Waals surface area contributed by atoms with Crippen molar-refractivity contribution in [3.8, 4) is 0 Å². The molecule has 3 N–H and O–H groups in total. The summed E-state index contributed by atoms with van der Waals surface area (Å²) in [5.74, 6) is -10.4. The van der Waals surface area contributed by atoms with Crippen molar-refractivity contribution in [3.63, 3.8) is 0 Å². The third-order valence-corrected chi connectivity index (χ3v) is 3.49. The van der Waals surface area contributed by atoms with E-state index in [0.29, 0.717) is 7.05 Å². The molecule has 2 rings (SSSR count).